The van der Waals surface area contributed by atoms with E-state index in [-0.39, 0.29) is 18.5 Å². The summed E-state index contributed by atoms with van der Waals surface area (Å²) in [6, 6.07) is 15.9. The number of nitrogens with zero attached hydrogens (tertiary/aromatic N) is 2. The number of carbonyl (C=O) groups excluding carboxylic acids is 1. The summed E-state index contributed by atoms with van der Waals surface area (Å²) in [7, 11) is 1.62. The van der Waals surface area contributed by atoms with Gasteiger partial charge in [-0.3, -0.25) is 4.79 Å². The number of carbonyl (C=O) groups is 1. The van der Waals surface area contributed by atoms with Crippen LogP contribution in [0, 0.1) is 5.92 Å². The van der Waals surface area contributed by atoms with Crippen molar-refractivity contribution in [3.63, 3.8) is 0 Å². The molecule has 0 N–H and O–H groups in total. The number of rotatable bonds is 5. The zero-order valence-electron chi connectivity index (χ0n) is 15.3. The van der Waals surface area contributed by atoms with E-state index in [1.807, 2.05) is 48.5 Å². The molecule has 0 aliphatic carbocycles. The number of piperidine rings is 1. The van der Waals surface area contributed by atoms with E-state index >= 15 is 0 Å². The quantitative estimate of drug-likeness (QED) is 0.640. The molecule has 1 aliphatic heterocycles. The predicted molar refractivity (Wildman–Crippen MR) is 102 cm³/mol. The Morgan fingerprint density at radius 2 is 2.00 bits per heavy atom. The zero-order valence-corrected chi connectivity index (χ0v) is 15.3. The van der Waals surface area contributed by atoms with Crippen LogP contribution >= 0.6 is 0 Å². The minimum absolute atomic E-state index is 0.0868. The second kappa shape index (κ2) is 7.70. The third-order valence-electron chi connectivity index (χ3n) is 4.90. The number of hydrogen-bond donors (Lipinski definition) is 0. The maximum absolute atomic E-state index is 12.4. The highest BCUT2D eigenvalue weighted by atomic mass is 16.5. The van der Waals surface area contributed by atoms with Crippen LogP contribution in [0.25, 0.3) is 11.1 Å². The highest BCUT2D eigenvalue weighted by Crippen LogP contribution is 2.27. The van der Waals surface area contributed by atoms with E-state index in [0.29, 0.717) is 6.01 Å². The lowest BCUT2D eigenvalue weighted by molar-refractivity contribution is -0.150. The molecule has 1 aromatic heterocycles. The Balaban J connectivity index is 1.31. The summed E-state index contributed by atoms with van der Waals surface area (Å²) < 4.78 is 16.5. The van der Waals surface area contributed by atoms with Gasteiger partial charge in [-0.15, -0.1) is 0 Å². The molecule has 140 valence electrons. The summed E-state index contributed by atoms with van der Waals surface area (Å²) in [5, 5.41) is 0. The van der Waals surface area contributed by atoms with Crippen LogP contribution < -0.4 is 9.64 Å². The molecule has 0 unspecified atom stereocenters. The fourth-order valence-corrected chi connectivity index (χ4v) is 3.34. The molecule has 1 fully saturated rings. The van der Waals surface area contributed by atoms with Gasteiger partial charge in [0.2, 0.25) is 0 Å². The lowest BCUT2D eigenvalue weighted by Gasteiger charge is -2.29. The van der Waals surface area contributed by atoms with Crippen LogP contribution in [-0.4, -0.2) is 31.2 Å². The SMILES string of the molecule is COc1cccc(COC(=O)C2CCN(c3nc4ccccc4o3)CC2)c1. The van der Waals surface area contributed by atoms with Gasteiger partial charge in [0.15, 0.2) is 5.58 Å². The summed E-state index contributed by atoms with van der Waals surface area (Å²) in [5.74, 6) is 0.529. The van der Waals surface area contributed by atoms with Gasteiger partial charge >= 0.3 is 5.97 Å². The number of anilines is 1. The van der Waals surface area contributed by atoms with Crippen LogP contribution in [-0.2, 0) is 16.1 Å². The van der Waals surface area contributed by atoms with Gasteiger partial charge in [-0.25, -0.2) is 0 Å². The normalized spacial score (nSPS) is 15.1. The number of esters is 1. The molecule has 6 nitrogen and oxygen atoms in total. The first kappa shape index (κ1) is 17.4. The summed E-state index contributed by atoms with van der Waals surface area (Å²) in [6.07, 6.45) is 1.46. The molecule has 27 heavy (non-hydrogen) atoms. The Labute approximate surface area is 157 Å². The van der Waals surface area contributed by atoms with Crippen LogP contribution in [0.3, 0.4) is 0 Å². The lowest BCUT2D eigenvalue weighted by atomic mass is 9.97. The third kappa shape index (κ3) is 3.89. The molecule has 4 rings (SSSR count). The Hall–Kier alpha value is -3.02. The van der Waals surface area contributed by atoms with Crippen molar-refractivity contribution in [1.29, 1.82) is 0 Å². The van der Waals surface area contributed by atoms with Gasteiger partial charge in [0.1, 0.15) is 17.9 Å². The first-order valence-electron chi connectivity index (χ1n) is 9.13. The molecule has 1 aliphatic rings. The minimum Gasteiger partial charge on any atom is -0.497 e. The maximum Gasteiger partial charge on any atom is 0.309 e. The van der Waals surface area contributed by atoms with Crippen LogP contribution in [0.15, 0.2) is 52.9 Å². The van der Waals surface area contributed by atoms with Crippen LogP contribution in [0.4, 0.5) is 6.01 Å². The molecule has 2 heterocycles. The van der Waals surface area contributed by atoms with Crippen molar-refractivity contribution in [3.05, 3.63) is 54.1 Å². The third-order valence-corrected chi connectivity index (χ3v) is 4.90. The molecule has 0 radical (unpaired) electrons. The first-order chi connectivity index (χ1) is 13.2. The van der Waals surface area contributed by atoms with Crippen molar-refractivity contribution in [2.24, 2.45) is 5.92 Å². The van der Waals surface area contributed by atoms with E-state index in [0.717, 1.165) is 48.3 Å². The fourth-order valence-electron chi connectivity index (χ4n) is 3.34. The molecular formula is C21H22N2O4. The Morgan fingerprint density at radius 3 is 2.78 bits per heavy atom. The van der Waals surface area contributed by atoms with E-state index < -0.39 is 0 Å². The smallest absolute Gasteiger partial charge is 0.309 e. The maximum atomic E-state index is 12.4. The zero-order chi connectivity index (χ0) is 18.6. The monoisotopic (exact) mass is 366 g/mol. The highest BCUT2D eigenvalue weighted by Gasteiger charge is 2.28. The number of oxazole rings is 1. The minimum atomic E-state index is -0.143. The highest BCUT2D eigenvalue weighted by molar-refractivity contribution is 5.75. The number of hydrogen-bond acceptors (Lipinski definition) is 6. The molecule has 6 heteroatoms. The number of aromatic nitrogens is 1. The average Bonchev–Trinajstić information content (AvgIpc) is 3.16. The van der Waals surface area contributed by atoms with E-state index in [4.69, 9.17) is 13.9 Å². The number of fused-ring (bicyclic) bond motifs is 1. The summed E-state index contributed by atoms with van der Waals surface area (Å²) in [5.41, 5.74) is 2.56. The summed E-state index contributed by atoms with van der Waals surface area (Å²) in [4.78, 5) is 19.0. The van der Waals surface area contributed by atoms with Gasteiger partial charge in [0.05, 0.1) is 13.0 Å². The molecule has 0 atom stereocenters. The summed E-state index contributed by atoms with van der Waals surface area (Å²) in [6.45, 7) is 1.72. The first-order valence-corrected chi connectivity index (χ1v) is 9.13. The second-order valence-corrected chi connectivity index (χ2v) is 6.68. The molecule has 0 spiro atoms. The van der Waals surface area contributed by atoms with Gasteiger partial charge in [-0.1, -0.05) is 24.3 Å². The second-order valence-electron chi connectivity index (χ2n) is 6.68. The van der Waals surface area contributed by atoms with Gasteiger partial charge < -0.3 is 18.8 Å². The van der Waals surface area contributed by atoms with Crippen molar-refractivity contribution in [2.45, 2.75) is 19.4 Å². The van der Waals surface area contributed by atoms with Gasteiger partial charge in [-0.2, -0.15) is 4.98 Å². The number of para-hydroxylation sites is 2. The van der Waals surface area contributed by atoms with E-state index in [1.165, 1.54) is 0 Å². The molecule has 3 aromatic rings. The predicted octanol–water partition coefficient (Wildman–Crippen LogP) is 3.80. The van der Waals surface area contributed by atoms with Crippen LogP contribution in [0.1, 0.15) is 18.4 Å². The Morgan fingerprint density at radius 1 is 1.19 bits per heavy atom. The topological polar surface area (TPSA) is 64.8 Å². The van der Waals surface area contributed by atoms with Gasteiger partial charge in [-0.05, 0) is 42.7 Å². The number of benzene rings is 2. The van der Waals surface area contributed by atoms with E-state index in [1.54, 1.807) is 7.11 Å². The fraction of sp³-hybridized carbons (Fsp3) is 0.333. The van der Waals surface area contributed by atoms with Crippen molar-refractivity contribution < 1.29 is 18.7 Å². The van der Waals surface area contributed by atoms with Crippen LogP contribution in [0.2, 0.25) is 0 Å². The number of methoxy groups -OCH3 is 1. The summed E-state index contributed by atoms with van der Waals surface area (Å²) >= 11 is 0. The lowest BCUT2D eigenvalue weighted by Crippen LogP contribution is -2.37. The van der Waals surface area contributed by atoms with Crippen molar-refractivity contribution in [1.82, 2.24) is 4.98 Å². The molecule has 0 saturated carbocycles. The van der Waals surface area contributed by atoms with Crippen LogP contribution in [0.5, 0.6) is 5.75 Å². The van der Waals surface area contributed by atoms with E-state index in [9.17, 15) is 4.79 Å². The molecule has 0 bridgehead atoms. The van der Waals surface area contributed by atoms with Crippen molar-refractivity contribution in [2.75, 3.05) is 25.1 Å². The van der Waals surface area contributed by atoms with Crippen molar-refractivity contribution in [3.8, 4) is 5.75 Å². The molecule has 0 amide bonds. The van der Waals surface area contributed by atoms with Gasteiger partial charge in [0.25, 0.3) is 6.01 Å². The number of ether oxygens (including phenoxy) is 2. The molecular weight excluding hydrogens is 344 g/mol. The largest absolute Gasteiger partial charge is 0.497 e. The van der Waals surface area contributed by atoms with Crippen molar-refractivity contribution >= 4 is 23.1 Å². The standard InChI is InChI=1S/C21H22N2O4/c1-25-17-6-4-5-15(13-17)14-26-20(24)16-9-11-23(12-10-16)21-22-18-7-2-3-8-19(18)27-21/h2-8,13,16H,9-12,14H2,1H3. The average molecular weight is 366 g/mol. The van der Waals surface area contributed by atoms with E-state index in [2.05, 4.69) is 9.88 Å². The Bertz CT molecular complexity index is 896. The Kier molecular flexibility index (Phi) is 4.96. The molecule has 2 aromatic carbocycles. The molecule has 1 saturated heterocycles. The van der Waals surface area contributed by atoms with Gasteiger partial charge in [0, 0.05) is 13.1 Å².